The smallest absolute Gasteiger partial charge is 0.337 e. The van der Waals surface area contributed by atoms with Crippen molar-refractivity contribution in [3.05, 3.63) is 63.3 Å². The molecule has 4 rings (SSSR count). The Morgan fingerprint density at radius 2 is 1.96 bits per heavy atom. The topological polar surface area (TPSA) is 71.6 Å². The van der Waals surface area contributed by atoms with Crippen LogP contribution < -0.4 is 4.74 Å². The summed E-state index contributed by atoms with van der Waals surface area (Å²) in [6, 6.07) is 10.8. The van der Waals surface area contributed by atoms with Crippen LogP contribution >= 0.6 is 15.9 Å². The van der Waals surface area contributed by atoms with Crippen molar-refractivity contribution in [1.29, 1.82) is 0 Å². The van der Waals surface area contributed by atoms with Gasteiger partial charge in [-0.2, -0.15) is 0 Å². The molecule has 1 aliphatic rings. The van der Waals surface area contributed by atoms with E-state index in [9.17, 15) is 9.59 Å². The summed E-state index contributed by atoms with van der Waals surface area (Å²) in [5, 5.41) is 0.945. The highest BCUT2D eigenvalue weighted by Gasteiger charge is 2.26. The van der Waals surface area contributed by atoms with Gasteiger partial charge in [0, 0.05) is 46.1 Å². The highest BCUT2D eigenvalue weighted by molar-refractivity contribution is 9.10. The van der Waals surface area contributed by atoms with Gasteiger partial charge in [0.15, 0.2) is 0 Å². The van der Waals surface area contributed by atoms with E-state index in [2.05, 4.69) is 20.9 Å². The second-order valence-electron chi connectivity index (χ2n) is 6.66. The second kappa shape index (κ2) is 7.31. The summed E-state index contributed by atoms with van der Waals surface area (Å²) in [5.74, 6) is 0.204. The number of aromatic nitrogens is 1. The number of esters is 1. The van der Waals surface area contributed by atoms with Crippen molar-refractivity contribution in [3.63, 3.8) is 0 Å². The molecule has 0 saturated heterocycles. The quantitative estimate of drug-likeness (QED) is 0.623. The number of carbonyl (C=O) groups is 2. The molecule has 7 heteroatoms. The molecule has 0 spiro atoms. The highest BCUT2D eigenvalue weighted by atomic mass is 79.9. The Balaban J connectivity index is 1.69. The number of amides is 1. The molecule has 0 unspecified atom stereocenters. The summed E-state index contributed by atoms with van der Waals surface area (Å²) >= 11 is 3.46. The number of hydrogen-bond donors (Lipinski definition) is 1. The maximum atomic E-state index is 13.1. The first kappa shape index (κ1) is 18.6. The third kappa shape index (κ3) is 3.16. The summed E-state index contributed by atoms with van der Waals surface area (Å²) in [5.41, 5.74) is 4.16. The molecular weight excluding hydrogens is 424 g/mol. The van der Waals surface area contributed by atoms with E-state index >= 15 is 0 Å². The summed E-state index contributed by atoms with van der Waals surface area (Å²) in [7, 11) is 2.95. The van der Waals surface area contributed by atoms with Gasteiger partial charge in [-0.25, -0.2) is 4.79 Å². The standard InChI is InChI=1S/C21H19BrN2O4/c1-27-13-4-5-17(22)15(10-13)20(25)24-8-7-19-16(11-24)14-9-12(21(26)28-2)3-6-18(14)23-19/h3-6,9-10,23H,7-8,11H2,1-2H3. The van der Waals surface area contributed by atoms with Crippen molar-refractivity contribution in [3.8, 4) is 5.75 Å². The number of benzene rings is 2. The van der Waals surface area contributed by atoms with Gasteiger partial charge in [0.25, 0.3) is 5.91 Å². The van der Waals surface area contributed by atoms with Crippen molar-refractivity contribution in [2.75, 3.05) is 20.8 Å². The summed E-state index contributed by atoms with van der Waals surface area (Å²) in [4.78, 5) is 30.3. The SMILES string of the molecule is COC(=O)c1ccc2[nH]c3c(c2c1)CN(C(=O)c1cc(OC)ccc1Br)CC3. The lowest BCUT2D eigenvalue weighted by Gasteiger charge is -2.28. The van der Waals surface area contributed by atoms with Gasteiger partial charge in [-0.3, -0.25) is 4.79 Å². The number of halogens is 1. The van der Waals surface area contributed by atoms with Crippen LogP contribution in [0.2, 0.25) is 0 Å². The number of rotatable bonds is 3. The van der Waals surface area contributed by atoms with Crippen molar-refractivity contribution in [2.24, 2.45) is 0 Å². The Bertz CT molecular complexity index is 1090. The average Bonchev–Trinajstić information content (AvgIpc) is 3.10. The predicted octanol–water partition coefficient (Wildman–Crippen LogP) is 3.92. The van der Waals surface area contributed by atoms with E-state index < -0.39 is 0 Å². The van der Waals surface area contributed by atoms with E-state index in [1.807, 2.05) is 29.2 Å². The maximum absolute atomic E-state index is 13.1. The van der Waals surface area contributed by atoms with E-state index in [1.54, 1.807) is 19.2 Å². The Morgan fingerprint density at radius 1 is 1.14 bits per heavy atom. The number of carbonyl (C=O) groups excluding carboxylic acids is 2. The monoisotopic (exact) mass is 442 g/mol. The van der Waals surface area contributed by atoms with Gasteiger partial charge in [-0.1, -0.05) is 0 Å². The number of fused-ring (bicyclic) bond motifs is 3. The molecular formula is C21H19BrN2O4. The summed E-state index contributed by atoms with van der Waals surface area (Å²) in [6.45, 7) is 1.09. The van der Waals surface area contributed by atoms with Crippen LogP contribution in [0.4, 0.5) is 0 Å². The van der Waals surface area contributed by atoms with Crippen LogP contribution in [0, 0.1) is 0 Å². The molecule has 3 aromatic rings. The first-order valence-electron chi connectivity index (χ1n) is 8.86. The normalized spacial score (nSPS) is 13.3. The van der Waals surface area contributed by atoms with Crippen LogP contribution in [0.3, 0.4) is 0 Å². The number of ether oxygens (including phenoxy) is 2. The fourth-order valence-electron chi connectivity index (χ4n) is 3.60. The molecule has 0 atom stereocenters. The molecule has 1 amide bonds. The van der Waals surface area contributed by atoms with E-state index in [0.29, 0.717) is 30.0 Å². The molecule has 2 aromatic carbocycles. The van der Waals surface area contributed by atoms with Gasteiger partial charge in [0.05, 0.1) is 25.3 Å². The largest absolute Gasteiger partial charge is 0.497 e. The van der Waals surface area contributed by atoms with Crippen molar-refractivity contribution in [1.82, 2.24) is 9.88 Å². The van der Waals surface area contributed by atoms with Crippen molar-refractivity contribution < 1.29 is 19.1 Å². The van der Waals surface area contributed by atoms with Crippen molar-refractivity contribution in [2.45, 2.75) is 13.0 Å². The van der Waals surface area contributed by atoms with Gasteiger partial charge >= 0.3 is 5.97 Å². The molecule has 1 aliphatic heterocycles. The molecule has 6 nitrogen and oxygen atoms in total. The van der Waals surface area contributed by atoms with Gasteiger partial charge in [0.1, 0.15) is 5.75 Å². The van der Waals surface area contributed by atoms with Gasteiger partial charge in [0.2, 0.25) is 0 Å². The highest BCUT2D eigenvalue weighted by Crippen LogP contribution is 2.31. The second-order valence-corrected chi connectivity index (χ2v) is 7.51. The minimum absolute atomic E-state index is 0.0603. The lowest BCUT2D eigenvalue weighted by atomic mass is 10.0. The molecule has 2 heterocycles. The molecule has 0 saturated carbocycles. The number of methoxy groups -OCH3 is 2. The van der Waals surface area contributed by atoms with Crippen LogP contribution in [0.25, 0.3) is 10.9 Å². The number of hydrogen-bond acceptors (Lipinski definition) is 4. The lowest BCUT2D eigenvalue weighted by Crippen LogP contribution is -2.36. The maximum Gasteiger partial charge on any atom is 0.337 e. The predicted molar refractivity (Wildman–Crippen MR) is 109 cm³/mol. The van der Waals surface area contributed by atoms with Crippen LogP contribution in [0.1, 0.15) is 32.0 Å². The Labute approximate surface area is 170 Å². The lowest BCUT2D eigenvalue weighted by molar-refractivity contribution is 0.0600. The first-order valence-corrected chi connectivity index (χ1v) is 9.65. The minimum Gasteiger partial charge on any atom is -0.497 e. The van der Waals surface area contributed by atoms with Gasteiger partial charge in [-0.15, -0.1) is 0 Å². The molecule has 0 bridgehead atoms. The zero-order valence-electron chi connectivity index (χ0n) is 15.5. The van der Waals surface area contributed by atoms with E-state index in [4.69, 9.17) is 9.47 Å². The molecule has 0 fully saturated rings. The number of aromatic amines is 1. The molecule has 0 aliphatic carbocycles. The number of H-pyrrole nitrogens is 1. The third-order valence-corrected chi connectivity index (χ3v) is 5.78. The van der Waals surface area contributed by atoms with E-state index in [0.717, 1.165) is 33.1 Å². The van der Waals surface area contributed by atoms with Crippen LogP contribution in [0.5, 0.6) is 5.75 Å². The molecule has 144 valence electrons. The Kier molecular flexibility index (Phi) is 4.85. The molecule has 28 heavy (non-hydrogen) atoms. The van der Waals surface area contributed by atoms with Crippen LogP contribution in [0.15, 0.2) is 40.9 Å². The van der Waals surface area contributed by atoms with Gasteiger partial charge < -0.3 is 19.4 Å². The van der Waals surface area contributed by atoms with E-state index in [-0.39, 0.29) is 11.9 Å². The fraction of sp³-hybridized carbons (Fsp3) is 0.238. The van der Waals surface area contributed by atoms with Gasteiger partial charge in [-0.05, 0) is 52.3 Å². The summed E-state index contributed by atoms with van der Waals surface area (Å²) < 4.78 is 10.8. The number of nitrogens with zero attached hydrogens (tertiary/aromatic N) is 1. The zero-order chi connectivity index (χ0) is 19.8. The molecule has 1 N–H and O–H groups in total. The van der Waals surface area contributed by atoms with Crippen molar-refractivity contribution >= 4 is 38.7 Å². The Hall–Kier alpha value is -2.80. The summed E-state index contributed by atoms with van der Waals surface area (Å²) in [6.07, 6.45) is 0.727. The van der Waals surface area contributed by atoms with Crippen LogP contribution in [-0.4, -0.2) is 42.5 Å². The molecule has 1 aromatic heterocycles. The zero-order valence-corrected chi connectivity index (χ0v) is 17.1. The van der Waals surface area contributed by atoms with Crippen LogP contribution in [-0.2, 0) is 17.7 Å². The minimum atomic E-state index is -0.374. The fourth-order valence-corrected chi connectivity index (χ4v) is 4.01. The molecule has 0 radical (unpaired) electrons. The number of nitrogens with one attached hydrogen (secondary N) is 1. The Morgan fingerprint density at radius 3 is 2.71 bits per heavy atom. The first-order chi connectivity index (χ1) is 13.5. The third-order valence-electron chi connectivity index (χ3n) is 5.09. The van der Waals surface area contributed by atoms with E-state index in [1.165, 1.54) is 7.11 Å². The average molecular weight is 443 g/mol.